The molecule has 0 atom stereocenters. The fourth-order valence-corrected chi connectivity index (χ4v) is 3.81. The van der Waals surface area contributed by atoms with Gasteiger partial charge < -0.3 is 10.1 Å². The van der Waals surface area contributed by atoms with Crippen LogP contribution in [0.5, 0.6) is 0 Å². The Bertz CT molecular complexity index is 985. The first-order valence-electron chi connectivity index (χ1n) is 10.4. The second kappa shape index (κ2) is 10.7. The average molecular weight is 457 g/mol. The number of hydrogen-bond donors (Lipinski definition) is 1. The number of aromatic nitrogens is 3. The average Bonchev–Trinajstić information content (AvgIpc) is 3.13. The van der Waals surface area contributed by atoms with Crippen molar-refractivity contribution in [3.8, 4) is 11.3 Å². The number of rotatable bonds is 10. The van der Waals surface area contributed by atoms with E-state index < -0.39 is 8.07 Å². The second-order valence-electron chi connectivity index (χ2n) is 8.67. The third-order valence-corrected chi connectivity index (χ3v) is 6.74. The molecule has 1 N–H and O–H groups in total. The van der Waals surface area contributed by atoms with Gasteiger partial charge in [0.1, 0.15) is 12.5 Å². The molecule has 2 heterocycles. The molecule has 8 heteroatoms. The summed E-state index contributed by atoms with van der Waals surface area (Å²) in [6.45, 7) is 7.93. The van der Waals surface area contributed by atoms with Gasteiger partial charge in [-0.25, -0.2) is 4.68 Å². The highest BCUT2D eigenvalue weighted by Crippen LogP contribution is 2.22. The van der Waals surface area contributed by atoms with E-state index >= 15 is 0 Å². The van der Waals surface area contributed by atoms with Crippen LogP contribution in [0.3, 0.4) is 0 Å². The zero-order valence-electron chi connectivity index (χ0n) is 18.3. The van der Waals surface area contributed by atoms with Gasteiger partial charge in [0.15, 0.2) is 0 Å². The number of carbonyl (C=O) groups is 1. The van der Waals surface area contributed by atoms with Crippen LogP contribution < -0.4 is 5.32 Å². The first kappa shape index (κ1) is 23.2. The van der Waals surface area contributed by atoms with Crippen LogP contribution >= 0.6 is 11.6 Å². The Labute approximate surface area is 189 Å². The maximum atomic E-state index is 12.6. The quantitative estimate of drug-likeness (QED) is 0.324. The fourth-order valence-electron chi connectivity index (χ4n) is 2.92. The molecule has 0 aliphatic rings. The number of nitrogens with zero attached hydrogens (tertiary/aromatic N) is 3. The van der Waals surface area contributed by atoms with E-state index in [1.165, 1.54) is 0 Å². The van der Waals surface area contributed by atoms with Crippen molar-refractivity contribution in [2.24, 2.45) is 0 Å². The van der Waals surface area contributed by atoms with Crippen molar-refractivity contribution in [1.29, 1.82) is 0 Å². The van der Waals surface area contributed by atoms with E-state index in [0.717, 1.165) is 22.9 Å². The SMILES string of the molecule is C[Si](C)(C)CCOCn1nc(-c2ccncc2)cc1NC(=O)CCc1ccc(Cl)cc1. The summed E-state index contributed by atoms with van der Waals surface area (Å²) in [6, 6.07) is 14.3. The zero-order chi connectivity index (χ0) is 22.3. The smallest absolute Gasteiger partial charge is 0.225 e. The maximum absolute atomic E-state index is 12.6. The van der Waals surface area contributed by atoms with Crippen molar-refractivity contribution in [2.75, 3.05) is 11.9 Å². The lowest BCUT2D eigenvalue weighted by atomic mass is 10.1. The highest BCUT2D eigenvalue weighted by molar-refractivity contribution is 6.76. The van der Waals surface area contributed by atoms with Gasteiger partial charge >= 0.3 is 0 Å². The van der Waals surface area contributed by atoms with Crippen LogP contribution in [0, 0.1) is 0 Å². The van der Waals surface area contributed by atoms with Crippen LogP contribution in [0.15, 0.2) is 54.9 Å². The molecule has 0 spiro atoms. The molecule has 2 aromatic heterocycles. The summed E-state index contributed by atoms with van der Waals surface area (Å²) in [5, 5.41) is 8.32. The maximum Gasteiger partial charge on any atom is 0.225 e. The number of benzene rings is 1. The predicted octanol–water partition coefficient (Wildman–Crippen LogP) is 5.48. The summed E-state index contributed by atoms with van der Waals surface area (Å²) >= 11 is 5.93. The monoisotopic (exact) mass is 456 g/mol. The molecule has 3 rings (SSSR count). The number of hydrogen-bond acceptors (Lipinski definition) is 4. The fraction of sp³-hybridized carbons (Fsp3) is 0.348. The Balaban J connectivity index is 1.66. The van der Waals surface area contributed by atoms with Crippen molar-refractivity contribution >= 4 is 31.4 Å². The Kier molecular flexibility index (Phi) is 8.01. The molecule has 0 unspecified atom stereocenters. The molecular weight excluding hydrogens is 428 g/mol. The van der Waals surface area contributed by atoms with Crippen molar-refractivity contribution in [2.45, 2.75) is 45.3 Å². The molecule has 0 aliphatic carbocycles. The summed E-state index contributed by atoms with van der Waals surface area (Å²) < 4.78 is 7.58. The number of nitrogens with one attached hydrogen (secondary N) is 1. The summed E-state index contributed by atoms with van der Waals surface area (Å²) in [6.07, 6.45) is 4.46. The standard InChI is InChI=1S/C23H29ClN4O2Si/c1-31(2,3)15-14-30-17-28-22(16-21(27-28)19-10-12-25-13-11-19)26-23(29)9-6-18-4-7-20(24)8-5-18/h4-5,7-8,10-13,16H,6,9,14-15,17H2,1-3H3,(H,26,29). The first-order chi connectivity index (χ1) is 14.8. The summed E-state index contributed by atoms with van der Waals surface area (Å²) in [5.41, 5.74) is 2.77. The topological polar surface area (TPSA) is 69.0 Å². The van der Waals surface area contributed by atoms with Gasteiger partial charge in [-0.2, -0.15) is 5.10 Å². The summed E-state index contributed by atoms with van der Waals surface area (Å²) in [5.74, 6) is 0.556. The number of amides is 1. The normalized spacial score (nSPS) is 11.5. The molecule has 0 saturated carbocycles. The molecular formula is C23H29ClN4O2Si. The highest BCUT2D eigenvalue weighted by Gasteiger charge is 2.15. The Hall–Kier alpha value is -2.48. The van der Waals surface area contributed by atoms with Gasteiger partial charge in [0.05, 0.1) is 5.69 Å². The Morgan fingerprint density at radius 1 is 1.13 bits per heavy atom. The van der Waals surface area contributed by atoms with E-state index in [1.807, 2.05) is 42.5 Å². The molecule has 0 radical (unpaired) electrons. The van der Waals surface area contributed by atoms with Crippen LogP contribution in [-0.4, -0.2) is 35.4 Å². The molecule has 3 aromatic rings. The van der Waals surface area contributed by atoms with Crippen LogP contribution in [0.1, 0.15) is 12.0 Å². The van der Waals surface area contributed by atoms with Crippen molar-refractivity contribution < 1.29 is 9.53 Å². The molecule has 0 fully saturated rings. The minimum absolute atomic E-state index is 0.0699. The zero-order valence-corrected chi connectivity index (χ0v) is 20.0. The molecule has 0 aliphatic heterocycles. The predicted molar refractivity (Wildman–Crippen MR) is 128 cm³/mol. The molecule has 164 valence electrons. The highest BCUT2D eigenvalue weighted by atomic mass is 35.5. The van der Waals surface area contributed by atoms with Crippen LogP contribution in [-0.2, 0) is 22.7 Å². The third-order valence-electron chi connectivity index (χ3n) is 4.79. The van der Waals surface area contributed by atoms with Gasteiger partial charge in [-0.1, -0.05) is 43.4 Å². The van der Waals surface area contributed by atoms with Crippen LogP contribution in [0.2, 0.25) is 30.7 Å². The lowest BCUT2D eigenvalue weighted by Crippen LogP contribution is -2.22. The number of anilines is 1. The summed E-state index contributed by atoms with van der Waals surface area (Å²) in [4.78, 5) is 16.6. The van der Waals surface area contributed by atoms with Gasteiger partial charge in [-0.05, 0) is 42.3 Å². The minimum atomic E-state index is -1.17. The first-order valence-corrected chi connectivity index (χ1v) is 14.5. The van der Waals surface area contributed by atoms with E-state index in [4.69, 9.17) is 16.3 Å². The number of aryl methyl sites for hydroxylation is 1. The number of ether oxygens (including phenoxy) is 1. The largest absolute Gasteiger partial charge is 0.359 e. The molecule has 6 nitrogen and oxygen atoms in total. The second-order valence-corrected chi connectivity index (χ2v) is 14.7. The van der Waals surface area contributed by atoms with Crippen LogP contribution in [0.4, 0.5) is 5.82 Å². The molecule has 1 amide bonds. The molecule has 0 saturated heterocycles. The number of halogens is 1. The van der Waals surface area contributed by atoms with Crippen LogP contribution in [0.25, 0.3) is 11.3 Å². The number of pyridine rings is 1. The van der Waals surface area contributed by atoms with Gasteiger partial charge in [0.25, 0.3) is 0 Å². The van der Waals surface area contributed by atoms with E-state index in [2.05, 4.69) is 35.0 Å². The van der Waals surface area contributed by atoms with Gasteiger partial charge in [0, 0.05) is 50.1 Å². The molecule has 1 aromatic carbocycles. The van der Waals surface area contributed by atoms with E-state index in [-0.39, 0.29) is 5.91 Å². The summed E-state index contributed by atoms with van der Waals surface area (Å²) in [7, 11) is -1.17. The van der Waals surface area contributed by atoms with E-state index in [0.29, 0.717) is 37.0 Å². The van der Waals surface area contributed by atoms with Crippen molar-refractivity contribution in [1.82, 2.24) is 14.8 Å². The van der Waals surface area contributed by atoms with Gasteiger partial charge in [0.2, 0.25) is 5.91 Å². The Morgan fingerprint density at radius 2 is 1.84 bits per heavy atom. The van der Waals surface area contributed by atoms with E-state index in [1.54, 1.807) is 17.1 Å². The lowest BCUT2D eigenvalue weighted by molar-refractivity contribution is -0.116. The molecule has 31 heavy (non-hydrogen) atoms. The Morgan fingerprint density at radius 3 is 2.52 bits per heavy atom. The molecule has 0 bridgehead atoms. The third kappa shape index (κ3) is 7.61. The van der Waals surface area contributed by atoms with E-state index in [9.17, 15) is 4.79 Å². The van der Waals surface area contributed by atoms with Gasteiger partial charge in [-0.15, -0.1) is 0 Å². The number of carbonyl (C=O) groups excluding carboxylic acids is 1. The van der Waals surface area contributed by atoms with Crippen molar-refractivity contribution in [3.63, 3.8) is 0 Å². The lowest BCUT2D eigenvalue weighted by Gasteiger charge is -2.16. The van der Waals surface area contributed by atoms with Crippen molar-refractivity contribution in [3.05, 3.63) is 65.4 Å². The minimum Gasteiger partial charge on any atom is -0.359 e. The van der Waals surface area contributed by atoms with Gasteiger partial charge in [-0.3, -0.25) is 9.78 Å².